The molecule has 4 heterocycles. The van der Waals surface area contributed by atoms with Gasteiger partial charge in [-0.2, -0.15) is 0 Å². The summed E-state index contributed by atoms with van der Waals surface area (Å²) in [6.45, 7) is 2.66. The molecular weight excluding hydrogens is 378 g/mol. The van der Waals surface area contributed by atoms with Gasteiger partial charge < -0.3 is 9.88 Å². The SMILES string of the molecule is Cc1cnc(CC(=O)N2CCc3[nH]cnc3[C@H]2c2nc3ccccc3s2)s1. The van der Waals surface area contributed by atoms with Crippen molar-refractivity contribution < 1.29 is 4.79 Å². The topological polar surface area (TPSA) is 74.8 Å². The van der Waals surface area contributed by atoms with Crippen LogP contribution in [0.4, 0.5) is 0 Å². The summed E-state index contributed by atoms with van der Waals surface area (Å²) >= 11 is 3.21. The van der Waals surface area contributed by atoms with E-state index in [2.05, 4.69) is 21.0 Å². The van der Waals surface area contributed by atoms with Crippen LogP contribution in [-0.4, -0.2) is 37.3 Å². The number of imidazole rings is 1. The third-order valence-corrected chi connectivity index (χ3v) is 6.76. The highest BCUT2D eigenvalue weighted by Gasteiger charge is 2.36. The van der Waals surface area contributed by atoms with E-state index in [1.165, 1.54) is 0 Å². The molecule has 6 nitrogen and oxygen atoms in total. The lowest BCUT2D eigenvalue weighted by molar-refractivity contribution is -0.132. The molecule has 0 unspecified atom stereocenters. The number of amides is 1. The van der Waals surface area contributed by atoms with E-state index >= 15 is 0 Å². The maximum Gasteiger partial charge on any atom is 0.230 e. The molecule has 1 N–H and O–H groups in total. The van der Waals surface area contributed by atoms with Gasteiger partial charge in [-0.15, -0.1) is 22.7 Å². The lowest BCUT2D eigenvalue weighted by Gasteiger charge is -2.33. The molecule has 136 valence electrons. The summed E-state index contributed by atoms with van der Waals surface area (Å²) in [4.78, 5) is 33.1. The fourth-order valence-electron chi connectivity index (χ4n) is 3.52. The van der Waals surface area contributed by atoms with Crippen molar-refractivity contribution in [2.75, 3.05) is 6.54 Å². The second kappa shape index (κ2) is 6.54. The summed E-state index contributed by atoms with van der Waals surface area (Å²) in [5.74, 6) is 0.0715. The summed E-state index contributed by atoms with van der Waals surface area (Å²) in [7, 11) is 0. The minimum absolute atomic E-state index is 0.0715. The van der Waals surface area contributed by atoms with Crippen LogP contribution in [0.2, 0.25) is 0 Å². The number of thiazole rings is 2. The molecule has 0 spiro atoms. The predicted octanol–water partition coefficient (Wildman–Crippen LogP) is 3.50. The molecule has 0 saturated heterocycles. The Balaban J connectivity index is 1.54. The van der Waals surface area contributed by atoms with E-state index in [9.17, 15) is 4.79 Å². The Kier molecular flexibility index (Phi) is 4.02. The Hall–Kier alpha value is -2.58. The number of carbonyl (C=O) groups is 1. The second-order valence-electron chi connectivity index (χ2n) is 6.57. The van der Waals surface area contributed by atoms with Gasteiger partial charge in [0.1, 0.15) is 16.1 Å². The van der Waals surface area contributed by atoms with Crippen LogP contribution in [0.1, 0.15) is 32.3 Å². The summed E-state index contributed by atoms with van der Waals surface area (Å²) < 4.78 is 1.12. The van der Waals surface area contributed by atoms with Gasteiger partial charge in [0.2, 0.25) is 5.91 Å². The van der Waals surface area contributed by atoms with Crippen LogP contribution in [0.15, 0.2) is 36.8 Å². The molecule has 0 bridgehead atoms. The molecule has 1 amide bonds. The van der Waals surface area contributed by atoms with Crippen LogP contribution >= 0.6 is 22.7 Å². The van der Waals surface area contributed by atoms with Crippen LogP contribution in [-0.2, 0) is 17.6 Å². The van der Waals surface area contributed by atoms with Gasteiger partial charge in [0.15, 0.2) is 0 Å². The largest absolute Gasteiger partial charge is 0.348 e. The maximum atomic E-state index is 13.1. The molecule has 3 aromatic heterocycles. The minimum atomic E-state index is -0.244. The first-order chi connectivity index (χ1) is 13.2. The number of para-hydroxylation sites is 1. The van der Waals surface area contributed by atoms with Gasteiger partial charge in [-0.1, -0.05) is 12.1 Å². The molecule has 0 fully saturated rings. The van der Waals surface area contributed by atoms with Crippen molar-refractivity contribution in [3.05, 3.63) is 63.1 Å². The highest BCUT2D eigenvalue weighted by atomic mass is 32.1. The van der Waals surface area contributed by atoms with Crippen LogP contribution in [0, 0.1) is 6.92 Å². The number of benzene rings is 1. The number of aromatic nitrogens is 4. The van der Waals surface area contributed by atoms with Crippen LogP contribution < -0.4 is 0 Å². The van der Waals surface area contributed by atoms with Gasteiger partial charge in [-0.25, -0.2) is 15.0 Å². The minimum Gasteiger partial charge on any atom is -0.348 e. The number of nitrogens with zero attached hydrogens (tertiary/aromatic N) is 4. The number of aromatic amines is 1. The number of rotatable bonds is 3. The fraction of sp³-hybridized carbons (Fsp3) is 0.263. The molecule has 1 aromatic carbocycles. The quantitative estimate of drug-likeness (QED) is 0.576. The zero-order valence-electron chi connectivity index (χ0n) is 14.7. The van der Waals surface area contributed by atoms with Gasteiger partial charge in [-0.3, -0.25) is 4.79 Å². The molecule has 8 heteroatoms. The Morgan fingerprint density at radius 3 is 3.00 bits per heavy atom. The zero-order valence-corrected chi connectivity index (χ0v) is 16.3. The molecule has 5 rings (SSSR count). The highest BCUT2D eigenvalue weighted by molar-refractivity contribution is 7.18. The summed E-state index contributed by atoms with van der Waals surface area (Å²) in [5, 5.41) is 1.77. The maximum absolute atomic E-state index is 13.1. The highest BCUT2D eigenvalue weighted by Crippen LogP contribution is 2.37. The van der Waals surface area contributed by atoms with Crippen molar-refractivity contribution in [1.82, 2.24) is 24.8 Å². The summed E-state index contributed by atoms with van der Waals surface area (Å²) in [6.07, 6.45) is 4.63. The summed E-state index contributed by atoms with van der Waals surface area (Å²) in [6, 6.07) is 7.83. The standard InChI is InChI=1S/C19H17N5OS2/c1-11-9-20-15(26-11)8-16(25)24-7-6-13-17(22-10-21-13)18(24)19-23-12-4-2-3-5-14(12)27-19/h2-5,9-10,18H,6-8H2,1H3,(H,21,22)/t18-/m0/s1. The van der Waals surface area contributed by atoms with Crippen LogP contribution in [0.25, 0.3) is 10.2 Å². The molecule has 1 aliphatic heterocycles. The van der Waals surface area contributed by atoms with Crippen molar-refractivity contribution in [1.29, 1.82) is 0 Å². The predicted molar refractivity (Wildman–Crippen MR) is 106 cm³/mol. The molecule has 0 aliphatic carbocycles. The van der Waals surface area contributed by atoms with Crippen molar-refractivity contribution in [3.8, 4) is 0 Å². The monoisotopic (exact) mass is 395 g/mol. The molecule has 0 radical (unpaired) electrons. The first kappa shape index (κ1) is 16.6. The number of aryl methyl sites for hydroxylation is 1. The lowest BCUT2D eigenvalue weighted by Crippen LogP contribution is -2.41. The van der Waals surface area contributed by atoms with E-state index in [0.717, 1.165) is 42.9 Å². The molecule has 4 aromatic rings. The Morgan fingerprint density at radius 2 is 2.19 bits per heavy atom. The van der Waals surface area contributed by atoms with E-state index in [4.69, 9.17) is 4.98 Å². The van der Waals surface area contributed by atoms with Gasteiger partial charge >= 0.3 is 0 Å². The van der Waals surface area contributed by atoms with E-state index in [1.54, 1.807) is 29.0 Å². The van der Waals surface area contributed by atoms with Gasteiger partial charge in [0.25, 0.3) is 0 Å². The normalized spacial score (nSPS) is 16.6. The zero-order chi connectivity index (χ0) is 18.4. The Bertz CT molecular complexity index is 1090. The number of H-pyrrole nitrogens is 1. The van der Waals surface area contributed by atoms with Gasteiger partial charge in [0, 0.05) is 29.7 Å². The Labute approximate surface area is 163 Å². The molecule has 1 atom stereocenters. The van der Waals surface area contributed by atoms with E-state index in [0.29, 0.717) is 13.0 Å². The van der Waals surface area contributed by atoms with E-state index in [-0.39, 0.29) is 11.9 Å². The van der Waals surface area contributed by atoms with Crippen molar-refractivity contribution >= 4 is 38.8 Å². The third kappa shape index (κ3) is 2.94. The average molecular weight is 396 g/mol. The van der Waals surface area contributed by atoms with Gasteiger partial charge in [-0.05, 0) is 19.1 Å². The molecule has 27 heavy (non-hydrogen) atoms. The Morgan fingerprint density at radius 1 is 1.30 bits per heavy atom. The second-order valence-corrected chi connectivity index (χ2v) is 8.95. The first-order valence-electron chi connectivity index (χ1n) is 8.77. The van der Waals surface area contributed by atoms with Crippen molar-refractivity contribution in [3.63, 3.8) is 0 Å². The lowest BCUT2D eigenvalue weighted by atomic mass is 10.0. The summed E-state index contributed by atoms with van der Waals surface area (Å²) in [5.41, 5.74) is 2.96. The first-order valence-corrected chi connectivity index (χ1v) is 10.4. The average Bonchev–Trinajstić information content (AvgIpc) is 3.39. The van der Waals surface area contributed by atoms with Crippen molar-refractivity contribution in [2.45, 2.75) is 25.8 Å². The number of nitrogens with one attached hydrogen (secondary N) is 1. The van der Waals surface area contributed by atoms with Crippen LogP contribution in [0.3, 0.4) is 0 Å². The smallest absolute Gasteiger partial charge is 0.230 e. The number of hydrogen-bond acceptors (Lipinski definition) is 6. The number of hydrogen-bond donors (Lipinski definition) is 1. The van der Waals surface area contributed by atoms with Crippen LogP contribution in [0.5, 0.6) is 0 Å². The fourth-order valence-corrected chi connectivity index (χ4v) is 5.38. The molecular formula is C19H17N5OS2. The van der Waals surface area contributed by atoms with Gasteiger partial charge in [0.05, 0.1) is 28.7 Å². The molecule has 1 aliphatic rings. The van der Waals surface area contributed by atoms with E-state index < -0.39 is 0 Å². The molecule has 0 saturated carbocycles. The van der Waals surface area contributed by atoms with E-state index in [1.807, 2.05) is 36.2 Å². The number of carbonyl (C=O) groups excluding carboxylic acids is 1. The number of fused-ring (bicyclic) bond motifs is 2. The van der Waals surface area contributed by atoms with Crippen molar-refractivity contribution in [2.24, 2.45) is 0 Å². The third-order valence-electron chi connectivity index (χ3n) is 4.76.